The van der Waals surface area contributed by atoms with E-state index in [-0.39, 0.29) is 11.8 Å². The topological polar surface area (TPSA) is 44.4 Å². The number of carbonyl (C=O) groups is 1. The Kier molecular flexibility index (Phi) is 5.01. The highest BCUT2D eigenvalue weighted by Crippen LogP contribution is 2.16. The normalized spacial score (nSPS) is 30.6. The molecule has 2 aliphatic rings. The van der Waals surface area contributed by atoms with Crippen LogP contribution >= 0.6 is 0 Å². The lowest BCUT2D eigenvalue weighted by Crippen LogP contribution is -2.39. The van der Waals surface area contributed by atoms with Gasteiger partial charge in [-0.25, -0.2) is 0 Å². The summed E-state index contributed by atoms with van der Waals surface area (Å²) in [5.74, 6) is 1.43. The molecule has 2 aliphatic heterocycles. The van der Waals surface area contributed by atoms with Crippen molar-refractivity contribution in [3.63, 3.8) is 0 Å². The average molecular weight is 253 g/mol. The Balaban J connectivity index is 1.65. The largest absolute Gasteiger partial charge is 0.355 e. The second-order valence-electron chi connectivity index (χ2n) is 6.10. The molecule has 2 fully saturated rings. The van der Waals surface area contributed by atoms with Gasteiger partial charge in [0.15, 0.2) is 0 Å². The van der Waals surface area contributed by atoms with Crippen molar-refractivity contribution in [2.75, 3.05) is 39.3 Å². The van der Waals surface area contributed by atoms with E-state index in [2.05, 4.69) is 29.4 Å². The summed E-state index contributed by atoms with van der Waals surface area (Å²) in [6.45, 7) is 10.6. The minimum atomic E-state index is 0.170. The van der Waals surface area contributed by atoms with Crippen LogP contribution in [0.1, 0.15) is 26.7 Å². The number of nitrogens with one attached hydrogen (secondary N) is 2. The highest BCUT2D eigenvalue weighted by molar-refractivity contribution is 5.79. The molecular weight excluding hydrogens is 226 g/mol. The maximum absolute atomic E-state index is 12.0. The first kappa shape index (κ1) is 13.8. The van der Waals surface area contributed by atoms with Crippen LogP contribution in [-0.2, 0) is 4.79 Å². The van der Waals surface area contributed by atoms with Gasteiger partial charge >= 0.3 is 0 Å². The summed E-state index contributed by atoms with van der Waals surface area (Å²) in [7, 11) is 0. The zero-order valence-corrected chi connectivity index (χ0v) is 11.7. The Morgan fingerprint density at radius 2 is 2.11 bits per heavy atom. The van der Waals surface area contributed by atoms with Gasteiger partial charge < -0.3 is 15.5 Å². The molecule has 2 heterocycles. The molecular formula is C14H27N3O. The molecule has 2 saturated heterocycles. The molecule has 0 bridgehead atoms. The van der Waals surface area contributed by atoms with Gasteiger partial charge in [0.25, 0.3) is 0 Å². The Bertz CT molecular complexity index is 276. The van der Waals surface area contributed by atoms with Crippen LogP contribution in [-0.4, -0.2) is 50.1 Å². The molecule has 3 unspecified atom stereocenters. The second kappa shape index (κ2) is 6.53. The van der Waals surface area contributed by atoms with Gasteiger partial charge in [-0.2, -0.15) is 0 Å². The lowest BCUT2D eigenvalue weighted by molar-refractivity contribution is -0.125. The molecule has 0 radical (unpaired) electrons. The zero-order valence-electron chi connectivity index (χ0n) is 11.7. The Hall–Kier alpha value is -0.610. The number of nitrogens with zero attached hydrogens (tertiary/aromatic N) is 1. The number of hydrogen-bond acceptors (Lipinski definition) is 3. The van der Waals surface area contributed by atoms with Crippen LogP contribution in [0.3, 0.4) is 0 Å². The molecule has 0 aromatic rings. The molecule has 4 nitrogen and oxygen atoms in total. The monoisotopic (exact) mass is 253 g/mol. The van der Waals surface area contributed by atoms with Crippen molar-refractivity contribution in [3.05, 3.63) is 0 Å². The molecule has 4 heteroatoms. The number of carbonyl (C=O) groups excluding carboxylic acids is 1. The molecule has 3 atom stereocenters. The summed E-state index contributed by atoms with van der Waals surface area (Å²) in [5.41, 5.74) is 0. The van der Waals surface area contributed by atoms with Crippen molar-refractivity contribution >= 4 is 5.91 Å². The van der Waals surface area contributed by atoms with Crippen LogP contribution in [0.2, 0.25) is 0 Å². The zero-order chi connectivity index (χ0) is 13.0. The van der Waals surface area contributed by atoms with Crippen molar-refractivity contribution in [1.29, 1.82) is 0 Å². The Morgan fingerprint density at radius 3 is 2.72 bits per heavy atom. The average Bonchev–Trinajstić information content (AvgIpc) is 2.97. The van der Waals surface area contributed by atoms with Crippen molar-refractivity contribution in [1.82, 2.24) is 15.5 Å². The quantitative estimate of drug-likeness (QED) is 0.758. The van der Waals surface area contributed by atoms with E-state index in [9.17, 15) is 4.79 Å². The maximum atomic E-state index is 12.0. The van der Waals surface area contributed by atoms with Crippen molar-refractivity contribution < 1.29 is 4.79 Å². The highest BCUT2D eigenvalue weighted by atomic mass is 16.1. The molecule has 0 saturated carbocycles. The van der Waals surface area contributed by atoms with E-state index in [0.717, 1.165) is 26.2 Å². The molecule has 0 aromatic heterocycles. The van der Waals surface area contributed by atoms with Crippen LogP contribution in [0.5, 0.6) is 0 Å². The fourth-order valence-electron chi connectivity index (χ4n) is 3.04. The van der Waals surface area contributed by atoms with E-state index in [1.807, 2.05) is 0 Å². The van der Waals surface area contributed by atoms with Crippen molar-refractivity contribution in [3.8, 4) is 0 Å². The number of rotatable bonds is 5. The molecule has 18 heavy (non-hydrogen) atoms. The van der Waals surface area contributed by atoms with Crippen molar-refractivity contribution in [2.45, 2.75) is 26.7 Å². The minimum Gasteiger partial charge on any atom is -0.355 e. The molecule has 0 aliphatic carbocycles. The first-order valence-electron chi connectivity index (χ1n) is 7.37. The van der Waals surface area contributed by atoms with E-state index in [1.165, 1.54) is 25.9 Å². The third-order valence-corrected chi connectivity index (χ3v) is 4.25. The Morgan fingerprint density at radius 1 is 1.39 bits per heavy atom. The van der Waals surface area contributed by atoms with Gasteiger partial charge in [0.2, 0.25) is 5.91 Å². The summed E-state index contributed by atoms with van der Waals surface area (Å²) in [6, 6.07) is 0. The minimum absolute atomic E-state index is 0.170. The predicted molar refractivity (Wildman–Crippen MR) is 73.4 cm³/mol. The van der Waals surface area contributed by atoms with Gasteiger partial charge in [-0.1, -0.05) is 13.8 Å². The first-order valence-corrected chi connectivity index (χ1v) is 7.37. The molecule has 1 amide bonds. The van der Waals surface area contributed by atoms with Crippen LogP contribution < -0.4 is 10.6 Å². The molecule has 2 N–H and O–H groups in total. The van der Waals surface area contributed by atoms with Gasteiger partial charge in [0, 0.05) is 19.6 Å². The number of likely N-dealkylation sites (tertiary alicyclic amines) is 1. The smallest absolute Gasteiger partial charge is 0.224 e. The molecule has 2 rings (SSSR count). The molecule has 104 valence electrons. The fourth-order valence-corrected chi connectivity index (χ4v) is 3.04. The summed E-state index contributed by atoms with van der Waals surface area (Å²) in [4.78, 5) is 14.5. The summed E-state index contributed by atoms with van der Waals surface area (Å²) < 4.78 is 0. The summed E-state index contributed by atoms with van der Waals surface area (Å²) >= 11 is 0. The third kappa shape index (κ3) is 3.69. The van der Waals surface area contributed by atoms with Gasteiger partial charge in [-0.15, -0.1) is 0 Å². The lowest BCUT2D eigenvalue weighted by Gasteiger charge is -2.21. The lowest BCUT2D eigenvalue weighted by atomic mass is 9.97. The Labute approximate surface area is 110 Å². The summed E-state index contributed by atoms with van der Waals surface area (Å²) in [5, 5.41) is 6.40. The van der Waals surface area contributed by atoms with Gasteiger partial charge in [-0.3, -0.25) is 4.79 Å². The molecule has 0 aromatic carbocycles. The highest BCUT2D eigenvalue weighted by Gasteiger charge is 2.29. The SMILES string of the molecule is CC(CNC(=O)C1CNCC1C)CN1CCCC1. The first-order chi connectivity index (χ1) is 8.66. The third-order valence-electron chi connectivity index (χ3n) is 4.25. The fraction of sp³-hybridized carbons (Fsp3) is 0.929. The van der Waals surface area contributed by atoms with E-state index >= 15 is 0 Å². The summed E-state index contributed by atoms with van der Waals surface area (Å²) in [6.07, 6.45) is 2.68. The van der Waals surface area contributed by atoms with E-state index in [4.69, 9.17) is 0 Å². The van der Waals surface area contributed by atoms with E-state index < -0.39 is 0 Å². The van der Waals surface area contributed by atoms with Crippen LogP contribution in [0, 0.1) is 17.8 Å². The van der Waals surface area contributed by atoms with Crippen LogP contribution in [0.15, 0.2) is 0 Å². The second-order valence-corrected chi connectivity index (χ2v) is 6.10. The maximum Gasteiger partial charge on any atom is 0.224 e. The van der Waals surface area contributed by atoms with Crippen molar-refractivity contribution in [2.24, 2.45) is 17.8 Å². The number of hydrogen-bond donors (Lipinski definition) is 2. The van der Waals surface area contributed by atoms with Gasteiger partial charge in [0.05, 0.1) is 5.92 Å². The number of amides is 1. The van der Waals surface area contributed by atoms with E-state index in [1.54, 1.807) is 0 Å². The van der Waals surface area contributed by atoms with Crippen LogP contribution in [0.4, 0.5) is 0 Å². The standard InChI is InChI=1S/C14H27N3O/c1-11(10-17-5-3-4-6-17)7-16-14(18)13-9-15-8-12(13)2/h11-13,15H,3-10H2,1-2H3,(H,16,18). The molecule has 0 spiro atoms. The van der Waals surface area contributed by atoms with E-state index in [0.29, 0.717) is 11.8 Å². The van der Waals surface area contributed by atoms with Crippen LogP contribution in [0.25, 0.3) is 0 Å². The van der Waals surface area contributed by atoms with Gasteiger partial charge in [-0.05, 0) is 44.3 Å². The van der Waals surface area contributed by atoms with Gasteiger partial charge in [0.1, 0.15) is 0 Å². The predicted octanol–water partition coefficient (Wildman–Crippen LogP) is 0.690.